The monoisotopic (exact) mass is 441 g/mol. The number of methoxy groups -OCH3 is 1. The Morgan fingerprint density at radius 2 is 1.39 bits per heavy atom. The van der Waals surface area contributed by atoms with Crippen LogP contribution in [0.2, 0.25) is 0 Å². The number of esters is 1. The molecular weight excluding hydrogens is 414 g/mol. The van der Waals surface area contributed by atoms with Crippen LogP contribution >= 0.6 is 0 Å². The zero-order valence-corrected chi connectivity index (χ0v) is 19.1. The van der Waals surface area contributed by atoms with Crippen molar-refractivity contribution in [1.82, 2.24) is 0 Å². The van der Waals surface area contributed by atoms with Gasteiger partial charge < -0.3 is 14.4 Å². The van der Waals surface area contributed by atoms with Crippen molar-refractivity contribution in [2.75, 3.05) is 25.2 Å². The summed E-state index contributed by atoms with van der Waals surface area (Å²) in [6, 6.07) is 25.5. The lowest BCUT2D eigenvalue weighted by Crippen LogP contribution is -2.28. The predicted molar refractivity (Wildman–Crippen MR) is 130 cm³/mol. The second-order valence-corrected chi connectivity index (χ2v) is 7.07. The van der Waals surface area contributed by atoms with Gasteiger partial charge >= 0.3 is 5.97 Å². The number of ether oxygens (including phenoxy) is 2. The van der Waals surface area contributed by atoms with Gasteiger partial charge in [-0.15, -0.1) is 0 Å². The molecule has 3 aromatic rings. The number of nitrogens with zero attached hydrogens (tertiary/aromatic N) is 1. The average Bonchev–Trinajstić information content (AvgIpc) is 2.87. The van der Waals surface area contributed by atoms with Crippen molar-refractivity contribution >= 4 is 23.0 Å². The fourth-order valence-corrected chi connectivity index (χ4v) is 3.38. The first-order chi connectivity index (χ1) is 16.1. The number of anilines is 1. The van der Waals surface area contributed by atoms with Crippen LogP contribution in [-0.2, 0) is 9.53 Å². The molecule has 3 aromatic carbocycles. The van der Waals surface area contributed by atoms with Crippen molar-refractivity contribution in [2.24, 2.45) is 0 Å². The largest absolute Gasteiger partial charge is 0.497 e. The molecule has 5 nitrogen and oxygen atoms in total. The molecule has 33 heavy (non-hydrogen) atoms. The van der Waals surface area contributed by atoms with E-state index in [1.807, 2.05) is 79.7 Å². The number of benzene rings is 3. The van der Waals surface area contributed by atoms with Crippen molar-refractivity contribution in [2.45, 2.75) is 13.8 Å². The van der Waals surface area contributed by atoms with Gasteiger partial charge in [0.25, 0.3) is 0 Å². The van der Waals surface area contributed by atoms with Crippen molar-refractivity contribution < 1.29 is 19.1 Å². The van der Waals surface area contributed by atoms with Crippen molar-refractivity contribution in [3.8, 4) is 5.75 Å². The Kier molecular flexibility index (Phi) is 8.23. The molecule has 0 spiro atoms. The number of carbonyl (C=O) groups excluding carboxylic acids is 2. The van der Waals surface area contributed by atoms with Crippen LogP contribution in [0.25, 0.3) is 5.57 Å². The number of hydrogen-bond acceptors (Lipinski definition) is 5. The lowest BCUT2D eigenvalue weighted by molar-refractivity contribution is -0.138. The van der Waals surface area contributed by atoms with E-state index in [0.29, 0.717) is 23.4 Å². The first-order valence-electron chi connectivity index (χ1n) is 10.8. The minimum atomic E-state index is -0.551. The van der Waals surface area contributed by atoms with Gasteiger partial charge in [0.15, 0.2) is 5.70 Å². The Bertz CT molecular complexity index is 1150. The van der Waals surface area contributed by atoms with E-state index in [-0.39, 0.29) is 23.7 Å². The molecule has 0 aliphatic heterocycles. The van der Waals surface area contributed by atoms with Crippen LogP contribution in [0.15, 0.2) is 96.4 Å². The van der Waals surface area contributed by atoms with E-state index in [1.165, 1.54) is 0 Å². The van der Waals surface area contributed by atoms with Crippen LogP contribution in [0.4, 0.5) is 5.69 Å². The number of ketones is 1. The maximum absolute atomic E-state index is 13.5. The molecule has 0 saturated heterocycles. The van der Waals surface area contributed by atoms with Gasteiger partial charge in [-0.25, -0.2) is 4.79 Å². The number of likely N-dealkylation sites (N-methyl/N-ethyl adjacent to an activating group) is 1. The lowest BCUT2D eigenvalue weighted by atomic mass is 9.97. The normalized spacial score (nSPS) is 10.0. The topological polar surface area (TPSA) is 55.8 Å². The van der Waals surface area contributed by atoms with Gasteiger partial charge in [0.1, 0.15) is 5.75 Å². The molecule has 0 heterocycles. The average molecular weight is 442 g/mol. The van der Waals surface area contributed by atoms with Gasteiger partial charge in [0.2, 0.25) is 5.78 Å². The first-order valence-corrected chi connectivity index (χ1v) is 10.8. The Morgan fingerprint density at radius 3 is 1.91 bits per heavy atom. The summed E-state index contributed by atoms with van der Waals surface area (Å²) < 4.78 is 10.6. The predicted octanol–water partition coefficient (Wildman–Crippen LogP) is 5.53. The van der Waals surface area contributed by atoms with E-state index >= 15 is 0 Å². The van der Waals surface area contributed by atoms with E-state index in [0.717, 1.165) is 5.69 Å². The number of carbonyl (C=O) groups is 2. The number of Topliss-reactive ketones (excluding diaryl/α,β-unsaturated/α-hetero) is 1. The lowest BCUT2D eigenvalue weighted by Gasteiger charge is -2.24. The summed E-state index contributed by atoms with van der Waals surface area (Å²) in [7, 11) is 1.60. The third-order valence-corrected chi connectivity index (χ3v) is 5.01. The van der Waals surface area contributed by atoms with E-state index in [9.17, 15) is 9.59 Å². The minimum Gasteiger partial charge on any atom is -0.497 e. The molecule has 0 atom stereocenters. The molecule has 0 amide bonds. The van der Waals surface area contributed by atoms with Gasteiger partial charge in [0, 0.05) is 17.8 Å². The van der Waals surface area contributed by atoms with Crippen LogP contribution in [-0.4, -0.2) is 32.0 Å². The Labute approximate surface area is 194 Å². The highest BCUT2D eigenvalue weighted by atomic mass is 16.5. The molecule has 168 valence electrons. The maximum Gasteiger partial charge on any atom is 0.363 e. The fourth-order valence-electron chi connectivity index (χ4n) is 3.38. The minimum absolute atomic E-state index is 0.160. The molecule has 0 aromatic heterocycles. The molecule has 5 heteroatoms. The maximum atomic E-state index is 13.5. The zero-order valence-electron chi connectivity index (χ0n) is 19.1. The van der Waals surface area contributed by atoms with Crippen LogP contribution in [0.1, 0.15) is 29.8 Å². The SMILES string of the molecule is CCOC(=O)C(=C=C(C(=O)c1ccccc1)c1ccccc1)N(CC)c1ccc(OC)cc1. The Hall–Kier alpha value is -4.08. The quantitative estimate of drug-likeness (QED) is 0.189. The molecule has 0 unspecified atom stereocenters. The second-order valence-electron chi connectivity index (χ2n) is 7.07. The molecule has 0 saturated carbocycles. The van der Waals surface area contributed by atoms with E-state index in [1.54, 1.807) is 31.1 Å². The third-order valence-electron chi connectivity index (χ3n) is 5.01. The first kappa shape index (κ1) is 23.6. The fraction of sp³-hybridized carbons (Fsp3) is 0.179. The van der Waals surface area contributed by atoms with Crippen LogP contribution in [0.3, 0.4) is 0 Å². The summed E-state index contributed by atoms with van der Waals surface area (Å²) in [5.74, 6) is -0.0740. The van der Waals surface area contributed by atoms with Crippen LogP contribution in [0, 0.1) is 0 Å². The summed E-state index contributed by atoms with van der Waals surface area (Å²) in [5.41, 5.74) is 5.52. The van der Waals surface area contributed by atoms with Crippen molar-refractivity contribution in [3.63, 3.8) is 0 Å². The van der Waals surface area contributed by atoms with Gasteiger partial charge in [-0.1, -0.05) is 66.4 Å². The van der Waals surface area contributed by atoms with Gasteiger partial charge in [-0.2, -0.15) is 0 Å². The highest BCUT2D eigenvalue weighted by Crippen LogP contribution is 2.25. The highest BCUT2D eigenvalue weighted by molar-refractivity contribution is 6.29. The molecule has 0 fully saturated rings. The summed E-state index contributed by atoms with van der Waals surface area (Å²) in [6.45, 7) is 4.34. The van der Waals surface area contributed by atoms with Crippen LogP contribution in [0.5, 0.6) is 5.75 Å². The van der Waals surface area contributed by atoms with Crippen molar-refractivity contribution in [1.29, 1.82) is 0 Å². The van der Waals surface area contributed by atoms with Crippen molar-refractivity contribution in [3.05, 3.63) is 107 Å². The standard InChI is InChI=1S/C28H27NO4/c1-4-29(23-16-18-24(32-3)19-17-23)26(28(31)33-5-2)20-25(21-12-8-6-9-13-21)27(30)22-14-10-7-11-15-22/h6-19H,4-5H2,1-3H3. The van der Waals surface area contributed by atoms with Gasteiger partial charge in [-0.05, 0) is 43.7 Å². The summed E-state index contributed by atoms with van der Waals surface area (Å²) in [4.78, 5) is 28.3. The van der Waals surface area contributed by atoms with E-state index in [2.05, 4.69) is 5.73 Å². The second kappa shape index (κ2) is 11.5. The van der Waals surface area contributed by atoms with E-state index < -0.39 is 5.97 Å². The summed E-state index contributed by atoms with van der Waals surface area (Å²) >= 11 is 0. The highest BCUT2D eigenvalue weighted by Gasteiger charge is 2.22. The molecular formula is C28H27NO4. The smallest absolute Gasteiger partial charge is 0.363 e. The third kappa shape index (κ3) is 5.79. The van der Waals surface area contributed by atoms with Gasteiger partial charge in [-0.3, -0.25) is 4.79 Å². The molecule has 0 N–H and O–H groups in total. The summed E-state index contributed by atoms with van der Waals surface area (Å²) in [5, 5.41) is 0. The Balaban J connectivity index is 2.26. The van der Waals surface area contributed by atoms with Gasteiger partial charge in [0.05, 0.1) is 19.3 Å². The van der Waals surface area contributed by atoms with E-state index in [4.69, 9.17) is 9.47 Å². The number of rotatable bonds is 9. The Morgan fingerprint density at radius 1 is 0.818 bits per heavy atom. The molecule has 0 radical (unpaired) electrons. The van der Waals surface area contributed by atoms with Crippen LogP contribution < -0.4 is 9.64 Å². The molecule has 3 rings (SSSR count). The number of hydrogen-bond donors (Lipinski definition) is 0. The molecule has 0 bridgehead atoms. The molecule has 0 aliphatic carbocycles. The zero-order chi connectivity index (χ0) is 23.6. The molecule has 0 aliphatic rings. The summed E-state index contributed by atoms with van der Waals surface area (Å²) in [6.07, 6.45) is 0.